The van der Waals surface area contributed by atoms with Crippen LogP contribution in [0.2, 0.25) is 0 Å². The Morgan fingerprint density at radius 3 is 2.56 bits per heavy atom. The highest BCUT2D eigenvalue weighted by Crippen LogP contribution is 2.24. The molecule has 1 atom stereocenters. The number of hydrogen-bond donors (Lipinski definition) is 0. The standard InChI is InChI=1S/C14H15NO3/c1-10(16)7-12-8-13(17)15(14(12)18)9-11-5-3-2-4-6-11/h2-6,12H,7-9H2,1H3. The molecule has 1 fully saturated rings. The fraction of sp³-hybridized carbons (Fsp3) is 0.357. The third kappa shape index (κ3) is 2.64. The minimum absolute atomic E-state index is 0.0530. The molecule has 0 saturated carbocycles. The van der Waals surface area contributed by atoms with Gasteiger partial charge in [-0.05, 0) is 12.5 Å². The molecule has 2 rings (SSSR count). The van der Waals surface area contributed by atoms with E-state index in [1.54, 1.807) is 0 Å². The van der Waals surface area contributed by atoms with E-state index in [2.05, 4.69) is 0 Å². The van der Waals surface area contributed by atoms with Crippen LogP contribution >= 0.6 is 0 Å². The molecule has 1 saturated heterocycles. The summed E-state index contributed by atoms with van der Waals surface area (Å²) in [5.41, 5.74) is 0.919. The number of hydrogen-bond acceptors (Lipinski definition) is 3. The van der Waals surface area contributed by atoms with Gasteiger partial charge in [-0.25, -0.2) is 0 Å². The quantitative estimate of drug-likeness (QED) is 0.756. The topological polar surface area (TPSA) is 54.5 Å². The van der Waals surface area contributed by atoms with E-state index in [9.17, 15) is 14.4 Å². The number of nitrogens with zero attached hydrogens (tertiary/aromatic N) is 1. The SMILES string of the molecule is CC(=O)CC1CC(=O)N(Cc2ccccc2)C1=O. The normalized spacial score (nSPS) is 19.4. The van der Waals surface area contributed by atoms with Crippen LogP contribution in [-0.4, -0.2) is 22.5 Å². The lowest BCUT2D eigenvalue weighted by Gasteiger charge is -2.14. The van der Waals surface area contributed by atoms with Crippen molar-refractivity contribution in [3.8, 4) is 0 Å². The molecule has 1 unspecified atom stereocenters. The van der Waals surface area contributed by atoms with E-state index in [1.807, 2.05) is 30.3 Å². The van der Waals surface area contributed by atoms with Gasteiger partial charge in [-0.1, -0.05) is 30.3 Å². The number of amides is 2. The average Bonchev–Trinajstić information content (AvgIpc) is 2.58. The van der Waals surface area contributed by atoms with Gasteiger partial charge >= 0.3 is 0 Å². The maximum absolute atomic E-state index is 12.0. The van der Waals surface area contributed by atoms with Crippen molar-refractivity contribution in [3.05, 3.63) is 35.9 Å². The second-order valence-electron chi connectivity index (χ2n) is 4.61. The highest BCUT2D eigenvalue weighted by Gasteiger charge is 2.38. The molecule has 4 heteroatoms. The molecule has 18 heavy (non-hydrogen) atoms. The molecule has 0 radical (unpaired) electrons. The third-order valence-corrected chi connectivity index (χ3v) is 3.05. The monoisotopic (exact) mass is 245 g/mol. The van der Waals surface area contributed by atoms with E-state index < -0.39 is 5.92 Å². The Bertz CT molecular complexity index is 481. The summed E-state index contributed by atoms with van der Waals surface area (Å²) in [4.78, 5) is 36.1. The third-order valence-electron chi connectivity index (χ3n) is 3.05. The molecule has 1 aromatic rings. The molecule has 0 bridgehead atoms. The molecule has 2 amide bonds. The number of Topliss-reactive ketones (excluding diaryl/α,β-unsaturated/α-hetero) is 1. The Hall–Kier alpha value is -1.97. The number of ketones is 1. The fourth-order valence-corrected chi connectivity index (χ4v) is 2.19. The first-order valence-electron chi connectivity index (χ1n) is 5.95. The minimum atomic E-state index is -0.460. The number of carbonyl (C=O) groups excluding carboxylic acids is 3. The van der Waals surface area contributed by atoms with E-state index in [0.29, 0.717) is 6.54 Å². The summed E-state index contributed by atoms with van der Waals surface area (Å²) in [6.45, 7) is 1.74. The molecule has 0 aromatic heterocycles. The van der Waals surface area contributed by atoms with Gasteiger partial charge in [0.05, 0.1) is 12.5 Å². The first-order chi connectivity index (χ1) is 8.58. The van der Waals surface area contributed by atoms with E-state index in [0.717, 1.165) is 5.56 Å². The Morgan fingerprint density at radius 2 is 1.94 bits per heavy atom. The highest BCUT2D eigenvalue weighted by molar-refractivity contribution is 6.04. The average molecular weight is 245 g/mol. The molecule has 0 aliphatic carbocycles. The van der Waals surface area contributed by atoms with Crippen molar-refractivity contribution in [3.63, 3.8) is 0 Å². The van der Waals surface area contributed by atoms with Gasteiger partial charge in [0.15, 0.2) is 0 Å². The van der Waals surface area contributed by atoms with Crippen LogP contribution in [0.25, 0.3) is 0 Å². The second kappa shape index (κ2) is 5.12. The Kier molecular flexibility index (Phi) is 3.55. The predicted molar refractivity (Wildman–Crippen MR) is 65.4 cm³/mol. The van der Waals surface area contributed by atoms with Crippen molar-refractivity contribution < 1.29 is 14.4 Å². The van der Waals surface area contributed by atoms with Crippen LogP contribution in [0.15, 0.2) is 30.3 Å². The van der Waals surface area contributed by atoms with Crippen LogP contribution in [-0.2, 0) is 20.9 Å². The summed E-state index contributed by atoms with van der Waals surface area (Å²) in [6.07, 6.45) is 0.321. The van der Waals surface area contributed by atoms with E-state index in [1.165, 1.54) is 11.8 Å². The van der Waals surface area contributed by atoms with E-state index >= 15 is 0 Å². The van der Waals surface area contributed by atoms with E-state index in [4.69, 9.17) is 0 Å². The first kappa shape index (κ1) is 12.5. The molecule has 0 N–H and O–H groups in total. The Balaban J connectivity index is 2.08. The molecule has 1 aromatic carbocycles. The number of benzene rings is 1. The molecule has 0 spiro atoms. The zero-order chi connectivity index (χ0) is 13.1. The molecule has 1 heterocycles. The van der Waals surface area contributed by atoms with Gasteiger partial charge in [0.25, 0.3) is 0 Å². The van der Waals surface area contributed by atoms with Gasteiger partial charge in [0, 0.05) is 12.8 Å². The van der Waals surface area contributed by atoms with Crippen molar-refractivity contribution in [2.24, 2.45) is 5.92 Å². The van der Waals surface area contributed by atoms with Crippen LogP contribution < -0.4 is 0 Å². The molecular formula is C14H15NO3. The first-order valence-corrected chi connectivity index (χ1v) is 5.95. The van der Waals surface area contributed by atoms with Crippen molar-refractivity contribution in [1.29, 1.82) is 0 Å². The van der Waals surface area contributed by atoms with Gasteiger partial charge in [-0.3, -0.25) is 14.5 Å². The lowest BCUT2D eigenvalue weighted by molar-refractivity contribution is -0.140. The zero-order valence-electron chi connectivity index (χ0n) is 10.3. The lowest BCUT2D eigenvalue weighted by atomic mass is 10.0. The summed E-state index contributed by atoms with van der Waals surface area (Å²) >= 11 is 0. The molecule has 1 aliphatic heterocycles. The van der Waals surface area contributed by atoms with Crippen molar-refractivity contribution in [2.45, 2.75) is 26.3 Å². The fourth-order valence-electron chi connectivity index (χ4n) is 2.19. The number of carbonyl (C=O) groups is 3. The van der Waals surface area contributed by atoms with Gasteiger partial charge < -0.3 is 4.79 Å². The highest BCUT2D eigenvalue weighted by atomic mass is 16.2. The van der Waals surface area contributed by atoms with Gasteiger partial charge in [-0.2, -0.15) is 0 Å². The molecular weight excluding hydrogens is 230 g/mol. The Labute approximate surface area is 106 Å². The second-order valence-corrected chi connectivity index (χ2v) is 4.61. The number of rotatable bonds is 4. The smallest absolute Gasteiger partial charge is 0.233 e. The maximum atomic E-state index is 12.0. The summed E-state index contributed by atoms with van der Waals surface area (Å²) < 4.78 is 0. The van der Waals surface area contributed by atoms with Crippen molar-refractivity contribution >= 4 is 17.6 Å². The van der Waals surface area contributed by atoms with Gasteiger partial charge in [0.1, 0.15) is 5.78 Å². The zero-order valence-corrected chi connectivity index (χ0v) is 10.3. The molecule has 4 nitrogen and oxygen atoms in total. The van der Waals surface area contributed by atoms with Crippen LogP contribution in [0, 0.1) is 5.92 Å². The predicted octanol–water partition coefficient (Wildman–Crippen LogP) is 1.54. The Morgan fingerprint density at radius 1 is 1.28 bits per heavy atom. The number of likely N-dealkylation sites (tertiary alicyclic amines) is 1. The summed E-state index contributed by atoms with van der Waals surface area (Å²) in [5.74, 6) is -0.921. The molecule has 1 aliphatic rings. The van der Waals surface area contributed by atoms with E-state index in [-0.39, 0.29) is 30.4 Å². The van der Waals surface area contributed by atoms with Crippen LogP contribution in [0.1, 0.15) is 25.3 Å². The van der Waals surface area contributed by atoms with Gasteiger partial charge in [-0.15, -0.1) is 0 Å². The lowest BCUT2D eigenvalue weighted by Crippen LogP contribution is -2.30. The van der Waals surface area contributed by atoms with Crippen LogP contribution in [0.5, 0.6) is 0 Å². The van der Waals surface area contributed by atoms with Crippen molar-refractivity contribution in [1.82, 2.24) is 4.90 Å². The van der Waals surface area contributed by atoms with Crippen LogP contribution in [0.4, 0.5) is 0 Å². The number of imide groups is 1. The summed E-state index contributed by atoms with van der Waals surface area (Å²) in [6, 6.07) is 9.37. The summed E-state index contributed by atoms with van der Waals surface area (Å²) in [5, 5.41) is 0. The van der Waals surface area contributed by atoms with Crippen molar-refractivity contribution in [2.75, 3.05) is 0 Å². The minimum Gasteiger partial charge on any atom is -0.300 e. The van der Waals surface area contributed by atoms with Crippen LogP contribution in [0.3, 0.4) is 0 Å². The molecule has 94 valence electrons. The maximum Gasteiger partial charge on any atom is 0.233 e. The van der Waals surface area contributed by atoms with Gasteiger partial charge in [0.2, 0.25) is 11.8 Å². The summed E-state index contributed by atoms with van der Waals surface area (Å²) in [7, 11) is 0. The largest absolute Gasteiger partial charge is 0.300 e.